The summed E-state index contributed by atoms with van der Waals surface area (Å²) in [5.41, 5.74) is 1.36. The number of amides is 1. The molecule has 0 unspecified atom stereocenters. The van der Waals surface area contributed by atoms with Crippen molar-refractivity contribution < 1.29 is 23.8 Å². The topological polar surface area (TPSA) is 88.5 Å². The first kappa shape index (κ1) is 15.8. The number of halogens is 1. The molecule has 0 aliphatic heterocycles. The monoisotopic (exact) mass is 306 g/mol. The number of fused-ring (bicyclic) bond motifs is 1. The number of hydrogen-bond acceptors (Lipinski definition) is 4. The Labute approximate surface area is 125 Å². The van der Waals surface area contributed by atoms with Gasteiger partial charge in [-0.15, -0.1) is 0 Å². The molecule has 0 saturated heterocycles. The lowest BCUT2D eigenvalue weighted by atomic mass is 10.1. The third-order valence-corrected chi connectivity index (χ3v) is 2.97. The minimum Gasteiger partial charge on any atom is -0.480 e. The summed E-state index contributed by atoms with van der Waals surface area (Å²) in [4.78, 5) is 26.6. The molecule has 1 amide bonds. The van der Waals surface area contributed by atoms with Gasteiger partial charge < -0.3 is 15.2 Å². The van der Waals surface area contributed by atoms with Crippen LogP contribution in [-0.2, 0) is 9.53 Å². The third kappa shape index (κ3) is 3.98. The number of nitrogens with one attached hydrogen (secondary N) is 1. The Hall–Kier alpha value is -2.54. The molecular weight excluding hydrogens is 291 g/mol. The molecule has 22 heavy (non-hydrogen) atoms. The lowest BCUT2D eigenvalue weighted by molar-refractivity contribution is -0.142. The molecule has 2 N–H and O–H groups in total. The number of carboxylic acids is 1. The Kier molecular flexibility index (Phi) is 5.00. The Balaban J connectivity index is 2.03. The van der Waals surface area contributed by atoms with Gasteiger partial charge in [-0.1, -0.05) is 0 Å². The van der Waals surface area contributed by atoms with E-state index in [-0.39, 0.29) is 24.9 Å². The van der Waals surface area contributed by atoms with E-state index in [1.54, 1.807) is 19.1 Å². The lowest BCUT2D eigenvalue weighted by Gasteiger charge is -2.09. The Bertz CT molecular complexity index is 718. The van der Waals surface area contributed by atoms with Crippen LogP contribution in [0.25, 0.3) is 10.9 Å². The van der Waals surface area contributed by atoms with Crippen LogP contribution in [0.5, 0.6) is 0 Å². The lowest BCUT2D eigenvalue weighted by Crippen LogP contribution is -2.28. The molecule has 0 aliphatic carbocycles. The highest BCUT2D eigenvalue weighted by atomic mass is 19.1. The van der Waals surface area contributed by atoms with E-state index < -0.39 is 12.6 Å². The fraction of sp³-hybridized carbons (Fsp3) is 0.267. The second-order valence-corrected chi connectivity index (χ2v) is 4.66. The van der Waals surface area contributed by atoms with Gasteiger partial charge >= 0.3 is 5.97 Å². The third-order valence-electron chi connectivity index (χ3n) is 2.97. The average molecular weight is 306 g/mol. The van der Waals surface area contributed by atoms with Crippen molar-refractivity contribution >= 4 is 22.8 Å². The van der Waals surface area contributed by atoms with E-state index in [2.05, 4.69) is 10.3 Å². The van der Waals surface area contributed by atoms with Crippen LogP contribution in [0.15, 0.2) is 24.3 Å². The maximum Gasteiger partial charge on any atom is 0.329 e. The minimum absolute atomic E-state index is 0.101. The molecule has 0 fully saturated rings. The first-order valence-corrected chi connectivity index (χ1v) is 6.62. The molecule has 0 atom stereocenters. The van der Waals surface area contributed by atoms with Crippen LogP contribution >= 0.6 is 0 Å². The highest BCUT2D eigenvalue weighted by molar-refractivity contribution is 5.98. The van der Waals surface area contributed by atoms with Gasteiger partial charge in [0, 0.05) is 18.0 Å². The largest absolute Gasteiger partial charge is 0.480 e. The van der Waals surface area contributed by atoms with E-state index in [1.165, 1.54) is 12.1 Å². The molecule has 6 nitrogen and oxygen atoms in total. The van der Waals surface area contributed by atoms with Gasteiger partial charge in [-0.2, -0.15) is 0 Å². The summed E-state index contributed by atoms with van der Waals surface area (Å²) in [6.45, 7) is 1.55. The number of ether oxygens (including phenoxy) is 1. The number of carboxylic acid groups (broad SMARTS) is 1. The number of hydrogen-bond donors (Lipinski definition) is 2. The molecule has 1 heterocycles. The van der Waals surface area contributed by atoms with Gasteiger partial charge in [-0.05, 0) is 25.1 Å². The van der Waals surface area contributed by atoms with Gasteiger partial charge in [0.1, 0.15) is 12.4 Å². The molecule has 1 aromatic carbocycles. The van der Waals surface area contributed by atoms with Gasteiger partial charge in [-0.3, -0.25) is 9.78 Å². The van der Waals surface area contributed by atoms with Crippen LogP contribution in [0.2, 0.25) is 0 Å². The summed E-state index contributed by atoms with van der Waals surface area (Å²) in [7, 11) is 0. The first-order chi connectivity index (χ1) is 10.5. The zero-order chi connectivity index (χ0) is 16.1. The average Bonchev–Trinajstić information content (AvgIpc) is 2.45. The van der Waals surface area contributed by atoms with Crippen LogP contribution < -0.4 is 5.32 Å². The summed E-state index contributed by atoms with van der Waals surface area (Å²) < 4.78 is 18.0. The van der Waals surface area contributed by atoms with E-state index in [9.17, 15) is 14.0 Å². The number of pyridine rings is 1. The van der Waals surface area contributed by atoms with Crippen molar-refractivity contribution in [2.24, 2.45) is 0 Å². The fourth-order valence-electron chi connectivity index (χ4n) is 1.96. The molecule has 2 aromatic rings. The van der Waals surface area contributed by atoms with Crippen molar-refractivity contribution in [1.82, 2.24) is 10.3 Å². The quantitative estimate of drug-likeness (QED) is 0.790. The van der Waals surface area contributed by atoms with Crippen molar-refractivity contribution in [3.63, 3.8) is 0 Å². The number of carbonyl (C=O) groups excluding carboxylic acids is 1. The van der Waals surface area contributed by atoms with E-state index in [4.69, 9.17) is 9.84 Å². The van der Waals surface area contributed by atoms with Crippen molar-refractivity contribution in [2.45, 2.75) is 6.92 Å². The van der Waals surface area contributed by atoms with Gasteiger partial charge in [0.25, 0.3) is 5.91 Å². The smallest absolute Gasteiger partial charge is 0.329 e. The zero-order valence-corrected chi connectivity index (χ0v) is 11.9. The molecule has 2 rings (SSSR count). The molecule has 116 valence electrons. The molecule has 0 aliphatic rings. The normalized spacial score (nSPS) is 10.6. The second kappa shape index (κ2) is 6.95. The van der Waals surface area contributed by atoms with E-state index in [1.807, 2.05) is 0 Å². The zero-order valence-electron chi connectivity index (χ0n) is 11.9. The number of carbonyl (C=O) groups is 2. The number of aromatic nitrogens is 1. The van der Waals surface area contributed by atoms with E-state index >= 15 is 0 Å². The van der Waals surface area contributed by atoms with Crippen molar-refractivity contribution in [1.29, 1.82) is 0 Å². The summed E-state index contributed by atoms with van der Waals surface area (Å²) in [5.74, 6) is -1.78. The van der Waals surface area contributed by atoms with Gasteiger partial charge in [0.2, 0.25) is 0 Å². The van der Waals surface area contributed by atoms with Crippen LogP contribution in [0.4, 0.5) is 4.39 Å². The van der Waals surface area contributed by atoms with Crippen LogP contribution in [-0.4, -0.2) is 41.7 Å². The summed E-state index contributed by atoms with van der Waals surface area (Å²) in [6.07, 6.45) is 0. The van der Waals surface area contributed by atoms with E-state index in [0.29, 0.717) is 22.2 Å². The molecular formula is C15H15FN2O4. The number of benzene rings is 1. The molecule has 7 heteroatoms. The highest BCUT2D eigenvalue weighted by Gasteiger charge is 2.11. The van der Waals surface area contributed by atoms with Crippen LogP contribution in [0.1, 0.15) is 16.1 Å². The molecule has 0 bridgehead atoms. The predicted octanol–water partition coefficient (Wildman–Crippen LogP) is 1.51. The number of aliphatic carboxylic acids is 1. The fourth-order valence-corrected chi connectivity index (χ4v) is 1.96. The Morgan fingerprint density at radius 1 is 1.36 bits per heavy atom. The first-order valence-electron chi connectivity index (χ1n) is 6.62. The van der Waals surface area contributed by atoms with Crippen molar-refractivity contribution in [3.8, 4) is 0 Å². The Morgan fingerprint density at radius 3 is 2.86 bits per heavy atom. The minimum atomic E-state index is -1.06. The SMILES string of the molecule is Cc1nc2cc(F)ccc2cc1C(=O)NCCOCC(=O)O. The maximum atomic E-state index is 13.1. The number of aryl methyl sites for hydroxylation is 1. The molecule has 0 saturated carbocycles. The summed E-state index contributed by atoms with van der Waals surface area (Å²) >= 11 is 0. The standard InChI is InChI=1S/C15H15FN2O4/c1-9-12(15(21)17-4-5-22-8-14(19)20)6-10-2-3-11(16)7-13(10)18-9/h2-3,6-7H,4-5,8H2,1H3,(H,17,21)(H,19,20). The number of rotatable bonds is 6. The number of nitrogens with zero attached hydrogens (tertiary/aromatic N) is 1. The molecule has 0 spiro atoms. The second-order valence-electron chi connectivity index (χ2n) is 4.66. The van der Waals surface area contributed by atoms with Crippen molar-refractivity contribution in [3.05, 3.63) is 41.3 Å². The van der Waals surface area contributed by atoms with Crippen LogP contribution in [0, 0.1) is 12.7 Å². The maximum absolute atomic E-state index is 13.1. The highest BCUT2D eigenvalue weighted by Crippen LogP contribution is 2.17. The molecule has 1 aromatic heterocycles. The van der Waals surface area contributed by atoms with Crippen LogP contribution in [0.3, 0.4) is 0 Å². The Morgan fingerprint density at radius 2 is 2.14 bits per heavy atom. The van der Waals surface area contributed by atoms with E-state index in [0.717, 1.165) is 0 Å². The summed E-state index contributed by atoms with van der Waals surface area (Å²) in [5, 5.41) is 11.7. The molecule has 0 radical (unpaired) electrons. The summed E-state index contributed by atoms with van der Waals surface area (Å²) in [6, 6.07) is 5.82. The van der Waals surface area contributed by atoms with Gasteiger partial charge in [-0.25, -0.2) is 9.18 Å². The van der Waals surface area contributed by atoms with Gasteiger partial charge in [0.05, 0.1) is 23.4 Å². The van der Waals surface area contributed by atoms with Gasteiger partial charge in [0.15, 0.2) is 0 Å². The van der Waals surface area contributed by atoms with Crippen molar-refractivity contribution in [2.75, 3.05) is 19.8 Å². The predicted molar refractivity (Wildman–Crippen MR) is 77.2 cm³/mol.